The first-order chi connectivity index (χ1) is 11.0. The van der Waals surface area contributed by atoms with E-state index in [-0.39, 0.29) is 11.8 Å². The Labute approximate surface area is 138 Å². The summed E-state index contributed by atoms with van der Waals surface area (Å²) in [6, 6.07) is 5.99. The molecule has 1 aliphatic rings. The monoisotopic (exact) mass is 316 g/mol. The lowest BCUT2D eigenvalue weighted by Crippen LogP contribution is -3.15. The molecular formula is C18H26N3O2+. The first-order valence-electron chi connectivity index (χ1n) is 8.12. The summed E-state index contributed by atoms with van der Waals surface area (Å²) in [5.74, 6) is 0.0946. The maximum Gasteiger partial charge on any atom is 0.279 e. The number of aryl methyl sites for hydroxylation is 2. The summed E-state index contributed by atoms with van der Waals surface area (Å²) in [4.78, 5) is 27.1. The molecule has 0 aromatic heterocycles. The fraction of sp³-hybridized carbons (Fsp3) is 0.444. The zero-order valence-electron chi connectivity index (χ0n) is 14.2. The molecule has 5 nitrogen and oxygen atoms in total. The normalized spacial score (nSPS) is 15.9. The van der Waals surface area contributed by atoms with E-state index in [2.05, 4.69) is 5.32 Å². The summed E-state index contributed by atoms with van der Waals surface area (Å²) in [6.45, 7) is 9.32. The van der Waals surface area contributed by atoms with Crippen LogP contribution in [0.3, 0.4) is 0 Å². The molecule has 1 saturated heterocycles. The average Bonchev–Trinajstić information content (AvgIpc) is 2.52. The summed E-state index contributed by atoms with van der Waals surface area (Å²) in [7, 11) is 0. The molecule has 5 heteroatoms. The van der Waals surface area contributed by atoms with Crippen molar-refractivity contribution in [3.63, 3.8) is 0 Å². The number of benzene rings is 1. The molecule has 23 heavy (non-hydrogen) atoms. The molecule has 1 heterocycles. The molecule has 0 atom stereocenters. The van der Waals surface area contributed by atoms with E-state index >= 15 is 0 Å². The van der Waals surface area contributed by atoms with Crippen molar-refractivity contribution in [2.45, 2.75) is 20.8 Å². The molecule has 2 rings (SSSR count). The van der Waals surface area contributed by atoms with Crippen LogP contribution in [-0.2, 0) is 9.59 Å². The molecule has 1 fully saturated rings. The molecular weight excluding hydrogens is 290 g/mol. The zero-order chi connectivity index (χ0) is 16.8. The standard InChI is InChI=1S/C18H25N3O2/c1-4-6-17(23)21-11-9-20(10-12-21)13-16(22)19-18-14(2)7-5-8-15(18)3/h4-8H,9-13H2,1-3H3,(H,19,22)/p+1/b6-4+. The van der Waals surface area contributed by atoms with E-state index in [1.807, 2.05) is 43.9 Å². The Bertz CT molecular complexity index is 582. The van der Waals surface area contributed by atoms with Crippen molar-refractivity contribution in [3.8, 4) is 0 Å². The highest BCUT2D eigenvalue weighted by molar-refractivity contribution is 5.93. The van der Waals surface area contributed by atoms with Gasteiger partial charge in [0, 0.05) is 5.69 Å². The van der Waals surface area contributed by atoms with E-state index in [1.165, 1.54) is 4.90 Å². The van der Waals surface area contributed by atoms with Crippen molar-refractivity contribution in [2.75, 3.05) is 38.0 Å². The number of para-hydroxylation sites is 1. The van der Waals surface area contributed by atoms with Gasteiger partial charge in [0.05, 0.1) is 26.2 Å². The minimum atomic E-state index is 0.0330. The van der Waals surface area contributed by atoms with E-state index in [4.69, 9.17) is 0 Å². The summed E-state index contributed by atoms with van der Waals surface area (Å²) >= 11 is 0. The summed E-state index contributed by atoms with van der Waals surface area (Å²) in [5, 5.41) is 3.03. The second kappa shape index (κ2) is 7.92. The highest BCUT2D eigenvalue weighted by Gasteiger charge is 2.24. The van der Waals surface area contributed by atoms with Crippen LogP contribution >= 0.6 is 0 Å². The summed E-state index contributed by atoms with van der Waals surface area (Å²) < 4.78 is 0. The molecule has 1 aliphatic heterocycles. The Balaban J connectivity index is 1.84. The molecule has 2 amide bonds. The van der Waals surface area contributed by atoms with Gasteiger partial charge in [0.2, 0.25) is 5.91 Å². The number of amides is 2. The number of rotatable bonds is 4. The third-order valence-electron chi connectivity index (χ3n) is 4.25. The average molecular weight is 316 g/mol. The molecule has 0 radical (unpaired) electrons. The summed E-state index contributed by atoms with van der Waals surface area (Å²) in [5.41, 5.74) is 3.07. The van der Waals surface area contributed by atoms with Crippen molar-refractivity contribution in [1.82, 2.24) is 4.90 Å². The third kappa shape index (κ3) is 4.66. The largest absolute Gasteiger partial charge is 0.328 e. The molecule has 124 valence electrons. The van der Waals surface area contributed by atoms with Gasteiger partial charge in [-0.1, -0.05) is 24.3 Å². The zero-order valence-corrected chi connectivity index (χ0v) is 14.2. The van der Waals surface area contributed by atoms with Crippen molar-refractivity contribution >= 4 is 17.5 Å². The Morgan fingerprint density at radius 3 is 2.39 bits per heavy atom. The van der Waals surface area contributed by atoms with Crippen LogP contribution in [0.1, 0.15) is 18.1 Å². The summed E-state index contributed by atoms with van der Waals surface area (Å²) in [6.07, 6.45) is 3.36. The van der Waals surface area contributed by atoms with Gasteiger partial charge in [0.15, 0.2) is 6.54 Å². The van der Waals surface area contributed by atoms with Crippen LogP contribution in [0.5, 0.6) is 0 Å². The molecule has 0 unspecified atom stereocenters. The highest BCUT2D eigenvalue weighted by atomic mass is 16.2. The lowest BCUT2D eigenvalue weighted by atomic mass is 10.1. The molecule has 0 spiro atoms. The number of hydrogen-bond acceptors (Lipinski definition) is 2. The number of carbonyl (C=O) groups is 2. The van der Waals surface area contributed by atoms with Gasteiger partial charge in [-0.25, -0.2) is 0 Å². The lowest BCUT2D eigenvalue weighted by Gasteiger charge is -2.31. The van der Waals surface area contributed by atoms with Crippen LogP contribution in [0.2, 0.25) is 0 Å². The first kappa shape index (κ1) is 17.2. The second-order valence-electron chi connectivity index (χ2n) is 6.07. The predicted molar refractivity (Wildman–Crippen MR) is 91.5 cm³/mol. The van der Waals surface area contributed by atoms with E-state index in [0.29, 0.717) is 19.6 Å². The maximum atomic E-state index is 12.3. The van der Waals surface area contributed by atoms with Crippen LogP contribution in [0.4, 0.5) is 5.69 Å². The van der Waals surface area contributed by atoms with E-state index in [1.54, 1.807) is 12.2 Å². The van der Waals surface area contributed by atoms with Crippen LogP contribution in [0, 0.1) is 13.8 Å². The molecule has 0 aliphatic carbocycles. The number of nitrogens with zero attached hydrogens (tertiary/aromatic N) is 1. The number of allylic oxidation sites excluding steroid dienone is 1. The molecule has 0 bridgehead atoms. The number of anilines is 1. The topological polar surface area (TPSA) is 53.9 Å². The maximum absolute atomic E-state index is 12.3. The van der Waals surface area contributed by atoms with E-state index in [0.717, 1.165) is 29.9 Å². The number of quaternary nitrogens is 1. The van der Waals surface area contributed by atoms with Gasteiger partial charge in [-0.15, -0.1) is 0 Å². The van der Waals surface area contributed by atoms with Gasteiger partial charge in [-0.05, 0) is 38.0 Å². The van der Waals surface area contributed by atoms with Crippen LogP contribution in [-0.4, -0.2) is 49.4 Å². The molecule has 1 aromatic carbocycles. The molecule has 0 saturated carbocycles. The minimum absolute atomic E-state index is 0.0330. The molecule has 2 N–H and O–H groups in total. The Kier molecular flexibility index (Phi) is 5.93. The predicted octanol–water partition coefficient (Wildman–Crippen LogP) is 0.545. The Hall–Kier alpha value is -2.14. The van der Waals surface area contributed by atoms with Gasteiger partial charge < -0.3 is 15.1 Å². The van der Waals surface area contributed by atoms with Crippen molar-refractivity contribution < 1.29 is 14.5 Å². The Morgan fingerprint density at radius 1 is 1.22 bits per heavy atom. The quantitative estimate of drug-likeness (QED) is 0.797. The Morgan fingerprint density at radius 2 is 1.83 bits per heavy atom. The van der Waals surface area contributed by atoms with Crippen molar-refractivity contribution in [1.29, 1.82) is 0 Å². The highest BCUT2D eigenvalue weighted by Crippen LogP contribution is 2.18. The number of piperazine rings is 1. The van der Waals surface area contributed by atoms with Gasteiger partial charge in [-0.2, -0.15) is 0 Å². The number of nitrogens with one attached hydrogen (secondary N) is 2. The minimum Gasteiger partial charge on any atom is -0.328 e. The van der Waals surface area contributed by atoms with Crippen molar-refractivity contribution in [2.24, 2.45) is 0 Å². The van der Waals surface area contributed by atoms with Crippen LogP contribution in [0.25, 0.3) is 0 Å². The fourth-order valence-corrected chi connectivity index (χ4v) is 2.89. The van der Waals surface area contributed by atoms with Crippen LogP contribution < -0.4 is 10.2 Å². The van der Waals surface area contributed by atoms with E-state index in [9.17, 15) is 9.59 Å². The van der Waals surface area contributed by atoms with Crippen molar-refractivity contribution in [3.05, 3.63) is 41.5 Å². The van der Waals surface area contributed by atoms with Crippen LogP contribution in [0.15, 0.2) is 30.4 Å². The van der Waals surface area contributed by atoms with E-state index < -0.39 is 0 Å². The first-order valence-corrected chi connectivity index (χ1v) is 8.12. The fourth-order valence-electron chi connectivity index (χ4n) is 2.89. The number of hydrogen-bond donors (Lipinski definition) is 2. The van der Waals surface area contributed by atoms with Gasteiger partial charge in [-0.3, -0.25) is 9.59 Å². The molecule has 1 aromatic rings. The van der Waals surface area contributed by atoms with Gasteiger partial charge in [0.25, 0.3) is 5.91 Å². The smallest absolute Gasteiger partial charge is 0.279 e. The van der Waals surface area contributed by atoms with Gasteiger partial charge in [0.1, 0.15) is 0 Å². The lowest BCUT2D eigenvalue weighted by molar-refractivity contribution is -0.895. The third-order valence-corrected chi connectivity index (χ3v) is 4.25. The number of carbonyl (C=O) groups excluding carboxylic acids is 2. The second-order valence-corrected chi connectivity index (χ2v) is 6.07. The van der Waals surface area contributed by atoms with Gasteiger partial charge >= 0.3 is 0 Å². The SMILES string of the molecule is C/C=C/C(=O)N1CC[NH+](CC(=O)Nc2c(C)cccc2C)CC1.